The molecular formula is C16H22Mg. The quantitative estimate of drug-likeness (QED) is 0.515. The van der Waals surface area contributed by atoms with Crippen molar-refractivity contribution in [3.05, 3.63) is 58.1 Å². The summed E-state index contributed by atoms with van der Waals surface area (Å²) in [4.78, 5) is 0. The van der Waals surface area contributed by atoms with Gasteiger partial charge in [0, 0.05) is 0 Å². The minimum absolute atomic E-state index is 0. The molecule has 2 aromatic carbocycles. The van der Waals surface area contributed by atoms with E-state index >= 15 is 0 Å². The van der Waals surface area contributed by atoms with Gasteiger partial charge in [-0.15, -0.1) is 0 Å². The van der Waals surface area contributed by atoms with Crippen LogP contribution in [0.4, 0.5) is 0 Å². The molecule has 0 saturated heterocycles. The van der Waals surface area contributed by atoms with Gasteiger partial charge in [0.25, 0.3) is 0 Å². The van der Waals surface area contributed by atoms with E-state index in [0.29, 0.717) is 0 Å². The largest absolute Gasteiger partial charge is 2.00 e. The molecule has 0 saturated carbocycles. The summed E-state index contributed by atoms with van der Waals surface area (Å²) < 4.78 is 0. The molecule has 0 aromatic heterocycles. The molecule has 0 heterocycles. The first-order valence-electron chi connectivity index (χ1n) is 5.98. The van der Waals surface area contributed by atoms with Crippen LogP contribution in [-0.2, 0) is 6.42 Å². The Hall–Kier alpha value is -0.534. The standard InChI is InChI=1S/C11H17.C5H5.Mg/c1-6-11-9(4)7(2)8(3)10(11)5;1-2-4-5-3-1;/h6H2,1-5H3;1-5H;/q2*-1;+2. The van der Waals surface area contributed by atoms with Gasteiger partial charge < -0.3 is 0 Å². The van der Waals surface area contributed by atoms with Crippen molar-refractivity contribution in [3.63, 3.8) is 0 Å². The van der Waals surface area contributed by atoms with Crippen molar-refractivity contribution in [2.45, 2.75) is 41.0 Å². The van der Waals surface area contributed by atoms with E-state index in [1.54, 1.807) is 5.56 Å². The van der Waals surface area contributed by atoms with E-state index in [1.807, 2.05) is 30.3 Å². The zero-order valence-electron chi connectivity index (χ0n) is 11.8. The molecule has 0 aliphatic rings. The second-order valence-electron chi connectivity index (χ2n) is 4.29. The van der Waals surface area contributed by atoms with Crippen molar-refractivity contribution >= 4 is 23.1 Å². The van der Waals surface area contributed by atoms with Crippen LogP contribution in [0.15, 0.2) is 30.3 Å². The topological polar surface area (TPSA) is 0 Å². The first kappa shape index (κ1) is 16.5. The van der Waals surface area contributed by atoms with Crippen molar-refractivity contribution in [3.8, 4) is 0 Å². The first-order chi connectivity index (χ1) is 7.59. The van der Waals surface area contributed by atoms with E-state index in [0.717, 1.165) is 0 Å². The maximum absolute atomic E-state index is 2.23. The smallest absolute Gasteiger partial charge is 0.214 e. The van der Waals surface area contributed by atoms with E-state index in [2.05, 4.69) is 34.6 Å². The maximum atomic E-state index is 2.23. The normalized spacial score (nSPS) is 9.24. The van der Waals surface area contributed by atoms with Crippen molar-refractivity contribution in [2.24, 2.45) is 0 Å². The third-order valence-electron chi connectivity index (χ3n) is 3.50. The Balaban J connectivity index is 0.000000360. The Morgan fingerprint density at radius 3 is 1.53 bits per heavy atom. The second-order valence-corrected chi connectivity index (χ2v) is 4.29. The van der Waals surface area contributed by atoms with E-state index in [1.165, 1.54) is 28.7 Å². The molecule has 0 amide bonds. The van der Waals surface area contributed by atoms with Crippen LogP contribution in [-0.4, -0.2) is 23.1 Å². The summed E-state index contributed by atoms with van der Waals surface area (Å²) >= 11 is 0. The molecule has 0 atom stereocenters. The molecule has 0 N–H and O–H groups in total. The van der Waals surface area contributed by atoms with Crippen molar-refractivity contribution in [2.75, 3.05) is 0 Å². The summed E-state index contributed by atoms with van der Waals surface area (Å²) in [6.45, 7) is 11.1. The summed E-state index contributed by atoms with van der Waals surface area (Å²) in [5.74, 6) is 0. The average Bonchev–Trinajstić information content (AvgIpc) is 2.90. The van der Waals surface area contributed by atoms with Crippen LogP contribution in [0.3, 0.4) is 0 Å². The van der Waals surface area contributed by atoms with Gasteiger partial charge in [-0.05, 0) is 0 Å². The van der Waals surface area contributed by atoms with E-state index in [9.17, 15) is 0 Å². The third-order valence-corrected chi connectivity index (χ3v) is 3.50. The molecule has 0 aliphatic carbocycles. The van der Waals surface area contributed by atoms with Gasteiger partial charge in [-0.3, -0.25) is 0 Å². The summed E-state index contributed by atoms with van der Waals surface area (Å²) in [6, 6.07) is 10.0. The van der Waals surface area contributed by atoms with Gasteiger partial charge in [0.05, 0.1) is 0 Å². The van der Waals surface area contributed by atoms with Gasteiger partial charge in [0.1, 0.15) is 0 Å². The molecule has 0 bridgehead atoms. The minimum atomic E-state index is 0. The van der Waals surface area contributed by atoms with Gasteiger partial charge >= 0.3 is 23.1 Å². The van der Waals surface area contributed by atoms with Crippen LogP contribution in [0, 0.1) is 27.7 Å². The Kier molecular flexibility index (Phi) is 7.48. The summed E-state index contributed by atoms with van der Waals surface area (Å²) in [6.07, 6.45) is 1.17. The van der Waals surface area contributed by atoms with Crippen LogP contribution in [0.1, 0.15) is 34.7 Å². The zero-order valence-corrected chi connectivity index (χ0v) is 13.2. The molecule has 0 nitrogen and oxygen atoms in total. The third kappa shape index (κ3) is 4.00. The molecule has 0 unspecified atom stereocenters. The minimum Gasteiger partial charge on any atom is -0.214 e. The fourth-order valence-electron chi connectivity index (χ4n) is 2.15. The molecule has 2 aromatic rings. The van der Waals surface area contributed by atoms with Gasteiger partial charge in [-0.1, -0.05) is 41.0 Å². The van der Waals surface area contributed by atoms with Gasteiger partial charge in [0.2, 0.25) is 0 Å². The Morgan fingerprint density at radius 1 is 0.941 bits per heavy atom. The van der Waals surface area contributed by atoms with Gasteiger partial charge in [-0.25, -0.2) is 12.1 Å². The zero-order chi connectivity index (χ0) is 12.1. The van der Waals surface area contributed by atoms with E-state index in [4.69, 9.17) is 0 Å². The predicted octanol–water partition coefficient (Wildman–Crippen LogP) is 4.23. The molecule has 1 heteroatoms. The van der Waals surface area contributed by atoms with Crippen molar-refractivity contribution in [1.82, 2.24) is 0 Å². The molecule has 17 heavy (non-hydrogen) atoms. The molecular weight excluding hydrogens is 216 g/mol. The molecule has 0 aliphatic heterocycles. The maximum Gasteiger partial charge on any atom is 2.00 e. The Bertz CT molecular complexity index is 376. The Labute approximate surface area is 122 Å². The fraction of sp³-hybridized carbons (Fsp3) is 0.375. The molecule has 88 valence electrons. The van der Waals surface area contributed by atoms with E-state index < -0.39 is 0 Å². The van der Waals surface area contributed by atoms with Crippen LogP contribution in [0.25, 0.3) is 0 Å². The number of hydrogen-bond donors (Lipinski definition) is 0. The van der Waals surface area contributed by atoms with Gasteiger partial charge in [-0.2, -0.15) is 46.0 Å². The van der Waals surface area contributed by atoms with Crippen LogP contribution in [0.2, 0.25) is 0 Å². The van der Waals surface area contributed by atoms with Crippen molar-refractivity contribution < 1.29 is 0 Å². The van der Waals surface area contributed by atoms with Crippen molar-refractivity contribution in [1.29, 1.82) is 0 Å². The molecule has 0 spiro atoms. The second kappa shape index (κ2) is 7.73. The Morgan fingerprint density at radius 2 is 1.35 bits per heavy atom. The summed E-state index contributed by atoms with van der Waals surface area (Å²) in [7, 11) is 0. The number of rotatable bonds is 1. The van der Waals surface area contributed by atoms with Crippen LogP contribution in [0.5, 0.6) is 0 Å². The molecule has 2 rings (SSSR count). The SMILES string of the molecule is CC[c-]1c(C)c(C)c(C)c1C.[Mg+2].c1cc[cH-]c1. The average molecular weight is 239 g/mol. The van der Waals surface area contributed by atoms with E-state index in [-0.39, 0.29) is 23.1 Å². The number of hydrogen-bond acceptors (Lipinski definition) is 0. The van der Waals surface area contributed by atoms with Crippen LogP contribution < -0.4 is 0 Å². The monoisotopic (exact) mass is 238 g/mol. The first-order valence-corrected chi connectivity index (χ1v) is 5.98. The predicted molar refractivity (Wildman–Crippen MR) is 78.2 cm³/mol. The molecule has 0 radical (unpaired) electrons. The fourth-order valence-corrected chi connectivity index (χ4v) is 2.15. The van der Waals surface area contributed by atoms with Crippen LogP contribution >= 0.6 is 0 Å². The van der Waals surface area contributed by atoms with Gasteiger partial charge in [0.15, 0.2) is 0 Å². The summed E-state index contributed by atoms with van der Waals surface area (Å²) in [5, 5.41) is 0. The summed E-state index contributed by atoms with van der Waals surface area (Å²) in [5.41, 5.74) is 7.53. The molecule has 0 fully saturated rings.